The Bertz CT molecular complexity index is 883. The first-order valence-corrected chi connectivity index (χ1v) is 9.58. The fourth-order valence-electron chi connectivity index (χ4n) is 3.34. The van der Waals surface area contributed by atoms with E-state index in [9.17, 15) is 18.0 Å². The standard InChI is InChI=1S/C18H20F3N5OS/c1-11-12(5-4-7-14(11)25-28-22)9-23-16(27)10-26-15-8-3-2-6-13(15)17(24-26)18(19,20)21/h4-5,7H,1-3,6,8-10,22H2,(H,23,27). The van der Waals surface area contributed by atoms with Crippen LogP contribution in [0.2, 0.25) is 0 Å². The number of nitrogens with one attached hydrogen (secondary N) is 1. The van der Waals surface area contributed by atoms with Crippen molar-refractivity contribution in [1.82, 2.24) is 15.1 Å². The molecule has 0 aromatic carbocycles. The quantitative estimate of drug-likeness (QED) is 0.730. The third-order valence-electron chi connectivity index (χ3n) is 4.69. The van der Waals surface area contributed by atoms with Crippen LogP contribution in [0.3, 0.4) is 0 Å². The Balaban J connectivity index is 1.68. The van der Waals surface area contributed by atoms with Gasteiger partial charge in [-0.15, -0.1) is 0 Å². The molecule has 2 aliphatic carbocycles. The molecule has 0 saturated carbocycles. The smallest absolute Gasteiger partial charge is 0.350 e. The number of carbonyl (C=O) groups is 1. The molecule has 3 rings (SSSR count). The van der Waals surface area contributed by atoms with Crippen LogP contribution in [0.1, 0.15) is 29.8 Å². The van der Waals surface area contributed by atoms with Crippen molar-refractivity contribution in [2.24, 2.45) is 9.54 Å². The van der Waals surface area contributed by atoms with Crippen LogP contribution >= 0.6 is 12.1 Å². The lowest BCUT2D eigenvalue weighted by atomic mass is 9.95. The SMILES string of the molecule is C=C1C(CNC(=O)Cn2nc(C(F)(F)F)c3c2CCCC3)=CC=CC1=NSN. The van der Waals surface area contributed by atoms with E-state index in [1.165, 1.54) is 4.68 Å². The molecule has 1 aromatic rings. The van der Waals surface area contributed by atoms with Crippen molar-refractivity contribution in [3.63, 3.8) is 0 Å². The molecule has 0 unspecified atom stereocenters. The molecule has 0 aliphatic heterocycles. The average Bonchev–Trinajstić information content (AvgIpc) is 3.02. The summed E-state index contributed by atoms with van der Waals surface area (Å²) in [5.74, 6) is -0.417. The first-order valence-electron chi connectivity index (χ1n) is 8.74. The Morgan fingerprint density at radius 2 is 2.14 bits per heavy atom. The van der Waals surface area contributed by atoms with Crippen molar-refractivity contribution in [1.29, 1.82) is 0 Å². The summed E-state index contributed by atoms with van der Waals surface area (Å²) in [6, 6.07) is 0. The summed E-state index contributed by atoms with van der Waals surface area (Å²) in [4.78, 5) is 12.3. The summed E-state index contributed by atoms with van der Waals surface area (Å²) in [5, 5.41) is 11.8. The fraction of sp³-hybridized carbons (Fsp3) is 0.389. The highest BCUT2D eigenvalue weighted by Crippen LogP contribution is 2.35. The highest BCUT2D eigenvalue weighted by molar-refractivity contribution is 7.95. The van der Waals surface area contributed by atoms with E-state index in [0.29, 0.717) is 36.2 Å². The number of aromatic nitrogens is 2. The van der Waals surface area contributed by atoms with Gasteiger partial charge >= 0.3 is 6.18 Å². The van der Waals surface area contributed by atoms with Crippen LogP contribution in [0, 0.1) is 0 Å². The third kappa shape index (κ3) is 4.39. The second kappa shape index (κ2) is 8.36. The Kier molecular flexibility index (Phi) is 6.09. The van der Waals surface area contributed by atoms with Crippen LogP contribution in [0.25, 0.3) is 0 Å². The van der Waals surface area contributed by atoms with Gasteiger partial charge in [-0.1, -0.05) is 18.7 Å². The maximum atomic E-state index is 13.2. The number of carbonyl (C=O) groups excluding carboxylic acids is 1. The van der Waals surface area contributed by atoms with Crippen molar-refractivity contribution in [2.75, 3.05) is 6.54 Å². The Morgan fingerprint density at radius 1 is 1.39 bits per heavy atom. The van der Waals surface area contributed by atoms with E-state index < -0.39 is 17.8 Å². The molecule has 0 spiro atoms. The number of fused-ring (bicyclic) bond motifs is 1. The monoisotopic (exact) mass is 411 g/mol. The number of hydrogen-bond acceptors (Lipinski definition) is 5. The van der Waals surface area contributed by atoms with Crippen LogP contribution in [-0.4, -0.2) is 27.9 Å². The largest absolute Gasteiger partial charge is 0.435 e. The van der Waals surface area contributed by atoms with Gasteiger partial charge in [0.15, 0.2) is 5.69 Å². The van der Waals surface area contributed by atoms with E-state index in [4.69, 9.17) is 5.14 Å². The first kappa shape index (κ1) is 20.4. The van der Waals surface area contributed by atoms with Crippen molar-refractivity contribution in [3.05, 3.63) is 52.9 Å². The van der Waals surface area contributed by atoms with Crippen LogP contribution in [0.15, 0.2) is 40.4 Å². The van der Waals surface area contributed by atoms with Gasteiger partial charge in [0.25, 0.3) is 0 Å². The van der Waals surface area contributed by atoms with Gasteiger partial charge in [0.05, 0.1) is 17.8 Å². The number of alkyl halides is 3. The molecular formula is C18H20F3N5OS. The summed E-state index contributed by atoms with van der Waals surface area (Å²) >= 11 is 0.815. The minimum atomic E-state index is -4.52. The average molecular weight is 411 g/mol. The van der Waals surface area contributed by atoms with Crippen molar-refractivity contribution in [3.8, 4) is 0 Å². The van der Waals surface area contributed by atoms with E-state index in [1.807, 2.05) is 0 Å². The first-order chi connectivity index (χ1) is 13.3. The van der Waals surface area contributed by atoms with Gasteiger partial charge in [-0.05, 0) is 42.9 Å². The number of halogens is 3. The maximum absolute atomic E-state index is 13.2. The van der Waals surface area contributed by atoms with Crippen molar-refractivity contribution >= 4 is 23.8 Å². The molecule has 1 amide bonds. The highest BCUT2D eigenvalue weighted by atomic mass is 32.2. The highest BCUT2D eigenvalue weighted by Gasteiger charge is 2.39. The summed E-state index contributed by atoms with van der Waals surface area (Å²) in [7, 11) is 0. The minimum absolute atomic E-state index is 0.186. The molecule has 0 saturated heterocycles. The zero-order valence-electron chi connectivity index (χ0n) is 15.1. The van der Waals surface area contributed by atoms with Gasteiger partial charge in [-0.2, -0.15) is 22.7 Å². The van der Waals surface area contributed by atoms with Crippen molar-refractivity contribution < 1.29 is 18.0 Å². The molecule has 0 bridgehead atoms. The summed E-state index contributed by atoms with van der Waals surface area (Å²) in [6.45, 7) is 3.86. The van der Waals surface area contributed by atoms with Gasteiger partial charge in [0.1, 0.15) is 6.54 Å². The number of amides is 1. The van der Waals surface area contributed by atoms with Gasteiger partial charge in [-0.25, -0.2) is 0 Å². The second-order valence-electron chi connectivity index (χ2n) is 6.52. The van der Waals surface area contributed by atoms with Gasteiger partial charge in [-0.3, -0.25) is 14.6 Å². The Hall–Kier alpha value is -2.33. The van der Waals surface area contributed by atoms with Gasteiger partial charge in [0.2, 0.25) is 5.91 Å². The molecule has 0 atom stereocenters. The summed E-state index contributed by atoms with van der Waals surface area (Å²) in [5.41, 5.74) is 1.85. The second-order valence-corrected chi connectivity index (χ2v) is 6.92. The molecule has 1 aromatic heterocycles. The van der Waals surface area contributed by atoms with E-state index in [0.717, 1.165) is 24.1 Å². The van der Waals surface area contributed by atoms with Crippen LogP contribution in [0.5, 0.6) is 0 Å². The topological polar surface area (TPSA) is 85.3 Å². The summed E-state index contributed by atoms with van der Waals surface area (Å²) < 4.78 is 44.9. The van der Waals surface area contributed by atoms with E-state index in [-0.39, 0.29) is 18.7 Å². The minimum Gasteiger partial charge on any atom is -0.350 e. The van der Waals surface area contributed by atoms with E-state index in [2.05, 4.69) is 21.4 Å². The number of allylic oxidation sites excluding steroid dienone is 3. The molecular weight excluding hydrogens is 391 g/mol. The lowest BCUT2D eigenvalue weighted by molar-refractivity contribution is -0.142. The molecule has 0 fully saturated rings. The van der Waals surface area contributed by atoms with Gasteiger partial charge < -0.3 is 5.32 Å². The lowest BCUT2D eigenvalue weighted by Gasteiger charge is -2.16. The lowest BCUT2D eigenvalue weighted by Crippen LogP contribution is -2.31. The third-order valence-corrected chi connectivity index (χ3v) is 5.00. The number of nitrogens with two attached hydrogens (primary N) is 1. The summed E-state index contributed by atoms with van der Waals surface area (Å²) in [6.07, 6.45) is 3.12. The number of nitrogens with zero attached hydrogens (tertiary/aromatic N) is 3. The zero-order valence-corrected chi connectivity index (χ0v) is 15.9. The molecule has 28 heavy (non-hydrogen) atoms. The van der Waals surface area contributed by atoms with Crippen LogP contribution in [-0.2, 0) is 30.4 Å². The van der Waals surface area contributed by atoms with Crippen LogP contribution < -0.4 is 10.5 Å². The van der Waals surface area contributed by atoms with E-state index >= 15 is 0 Å². The zero-order chi connectivity index (χ0) is 20.3. The van der Waals surface area contributed by atoms with Gasteiger partial charge in [0, 0.05) is 17.8 Å². The van der Waals surface area contributed by atoms with E-state index in [1.54, 1.807) is 18.2 Å². The molecule has 3 N–H and O–H groups in total. The fourth-order valence-corrected chi connectivity index (χ4v) is 3.63. The van der Waals surface area contributed by atoms with Crippen LogP contribution in [0.4, 0.5) is 13.2 Å². The molecule has 1 heterocycles. The number of hydrogen-bond donors (Lipinski definition) is 2. The molecule has 6 nitrogen and oxygen atoms in total. The normalized spacial score (nSPS) is 18.2. The molecule has 10 heteroatoms. The molecule has 0 radical (unpaired) electrons. The Labute approximate surface area is 164 Å². The molecule has 150 valence electrons. The molecule has 2 aliphatic rings. The number of rotatable bonds is 5. The Morgan fingerprint density at radius 3 is 2.86 bits per heavy atom. The maximum Gasteiger partial charge on any atom is 0.435 e. The predicted molar refractivity (Wildman–Crippen MR) is 102 cm³/mol. The van der Waals surface area contributed by atoms with Crippen molar-refractivity contribution in [2.45, 2.75) is 38.4 Å². The predicted octanol–water partition coefficient (Wildman–Crippen LogP) is 2.91.